The lowest BCUT2D eigenvalue weighted by molar-refractivity contribution is 0.0148. The Morgan fingerprint density at radius 2 is 1.89 bits per heavy atom. The molecule has 12 heteroatoms. The van der Waals surface area contributed by atoms with E-state index in [0.29, 0.717) is 35.2 Å². The van der Waals surface area contributed by atoms with Crippen molar-refractivity contribution < 1.29 is 13.9 Å². The summed E-state index contributed by atoms with van der Waals surface area (Å²) in [6.45, 7) is 1.28. The van der Waals surface area contributed by atoms with Crippen molar-refractivity contribution in [3.05, 3.63) is 66.7 Å². The minimum Gasteiger partial charge on any atom is -0.441 e. The standard InChI is InChI=1S/C25H24FN7O2.2ClH/c26-19-5-2-1-4-18(19)20-15-33-22(29-20)8-7-21(31-33)27-14-17-9-11-25(12-10-17)16-32(24(34)35-25)23-6-3-13-28-30-23;;/h1-8,13,15,17H,9-12,14,16H2,(H,27,31);2*1H. The Hall–Kier alpha value is -3.50. The molecule has 1 N–H and O–H groups in total. The maximum atomic E-state index is 14.1. The number of hydrogen-bond acceptors (Lipinski definition) is 7. The quantitative estimate of drug-likeness (QED) is 0.369. The Bertz CT molecular complexity index is 1380. The number of imidazole rings is 1. The summed E-state index contributed by atoms with van der Waals surface area (Å²) >= 11 is 0. The molecule has 1 aliphatic carbocycles. The van der Waals surface area contributed by atoms with Crippen LogP contribution in [0.3, 0.4) is 0 Å². The zero-order valence-electron chi connectivity index (χ0n) is 19.8. The second kappa shape index (κ2) is 10.9. The highest BCUT2D eigenvalue weighted by Gasteiger charge is 2.48. The van der Waals surface area contributed by atoms with Crippen molar-refractivity contribution in [3.8, 4) is 11.3 Å². The molecule has 6 rings (SSSR count). The van der Waals surface area contributed by atoms with Crippen LogP contribution in [0.4, 0.5) is 20.8 Å². The molecular weight excluding hydrogens is 520 g/mol. The van der Waals surface area contributed by atoms with Crippen LogP contribution in [0.2, 0.25) is 0 Å². The van der Waals surface area contributed by atoms with Crippen molar-refractivity contribution >= 4 is 48.2 Å². The summed E-state index contributed by atoms with van der Waals surface area (Å²) < 4.78 is 21.6. The smallest absolute Gasteiger partial charge is 0.416 e. The minimum atomic E-state index is -0.456. The van der Waals surface area contributed by atoms with Gasteiger partial charge in [-0.25, -0.2) is 18.7 Å². The Balaban J connectivity index is 0.00000160. The van der Waals surface area contributed by atoms with Crippen molar-refractivity contribution in [3.63, 3.8) is 0 Å². The average Bonchev–Trinajstić information content (AvgIpc) is 3.45. The molecule has 4 heterocycles. The molecule has 37 heavy (non-hydrogen) atoms. The van der Waals surface area contributed by atoms with Gasteiger partial charge in [-0.15, -0.1) is 35.0 Å². The second-order valence-electron chi connectivity index (χ2n) is 9.17. The number of benzene rings is 1. The van der Waals surface area contributed by atoms with Gasteiger partial charge < -0.3 is 10.1 Å². The number of carbonyl (C=O) groups is 1. The second-order valence-corrected chi connectivity index (χ2v) is 9.17. The van der Waals surface area contributed by atoms with Gasteiger partial charge in [0.1, 0.15) is 17.2 Å². The molecule has 194 valence electrons. The summed E-state index contributed by atoms with van der Waals surface area (Å²) in [7, 11) is 0. The van der Waals surface area contributed by atoms with Crippen LogP contribution in [0.1, 0.15) is 25.7 Å². The highest BCUT2D eigenvalue weighted by molar-refractivity contribution is 5.89. The average molecular weight is 546 g/mol. The third kappa shape index (κ3) is 5.30. The van der Waals surface area contributed by atoms with Crippen LogP contribution in [0.5, 0.6) is 0 Å². The number of amides is 1. The molecule has 2 fully saturated rings. The van der Waals surface area contributed by atoms with E-state index in [1.165, 1.54) is 6.07 Å². The first-order chi connectivity index (χ1) is 17.1. The first-order valence-corrected chi connectivity index (χ1v) is 11.7. The molecule has 0 radical (unpaired) electrons. The van der Waals surface area contributed by atoms with Gasteiger partial charge in [-0.2, -0.15) is 5.10 Å². The summed E-state index contributed by atoms with van der Waals surface area (Å²) in [5, 5.41) is 15.9. The monoisotopic (exact) mass is 545 g/mol. The normalized spacial score (nSPS) is 20.8. The van der Waals surface area contributed by atoms with Gasteiger partial charge >= 0.3 is 6.09 Å². The van der Waals surface area contributed by atoms with Crippen LogP contribution >= 0.6 is 24.8 Å². The molecule has 2 aliphatic rings. The number of ether oxygens (including phenoxy) is 1. The molecule has 1 saturated carbocycles. The van der Waals surface area contributed by atoms with Crippen molar-refractivity contribution in [1.29, 1.82) is 0 Å². The maximum absolute atomic E-state index is 14.1. The summed E-state index contributed by atoms with van der Waals surface area (Å²) in [5.74, 6) is 1.39. The number of rotatable bonds is 5. The number of halogens is 3. The molecule has 1 aromatic carbocycles. The molecule has 1 spiro atoms. The van der Waals surface area contributed by atoms with Crippen molar-refractivity contribution in [2.75, 3.05) is 23.3 Å². The third-order valence-corrected chi connectivity index (χ3v) is 6.86. The van der Waals surface area contributed by atoms with Gasteiger partial charge in [0.15, 0.2) is 11.5 Å². The lowest BCUT2D eigenvalue weighted by Gasteiger charge is -2.35. The van der Waals surface area contributed by atoms with E-state index in [-0.39, 0.29) is 36.7 Å². The van der Waals surface area contributed by atoms with E-state index >= 15 is 0 Å². The third-order valence-electron chi connectivity index (χ3n) is 6.86. The van der Waals surface area contributed by atoms with Gasteiger partial charge in [-0.3, -0.25) is 4.90 Å². The molecule has 9 nitrogen and oxygen atoms in total. The zero-order valence-corrected chi connectivity index (χ0v) is 21.4. The fourth-order valence-corrected chi connectivity index (χ4v) is 4.93. The number of aromatic nitrogens is 5. The number of carbonyl (C=O) groups excluding carboxylic acids is 1. The van der Waals surface area contributed by atoms with E-state index in [9.17, 15) is 9.18 Å². The number of nitrogens with zero attached hydrogens (tertiary/aromatic N) is 6. The van der Waals surface area contributed by atoms with E-state index in [4.69, 9.17) is 4.74 Å². The Kier molecular flexibility index (Phi) is 7.79. The van der Waals surface area contributed by atoms with Gasteiger partial charge in [-0.05, 0) is 68.0 Å². The number of nitrogens with one attached hydrogen (secondary N) is 1. The van der Waals surface area contributed by atoms with E-state index in [0.717, 1.165) is 38.0 Å². The molecule has 1 amide bonds. The van der Waals surface area contributed by atoms with Crippen molar-refractivity contribution in [2.24, 2.45) is 5.92 Å². The van der Waals surface area contributed by atoms with E-state index in [1.807, 2.05) is 12.1 Å². The first-order valence-electron chi connectivity index (χ1n) is 11.7. The molecule has 1 aliphatic heterocycles. The van der Waals surface area contributed by atoms with Gasteiger partial charge in [0, 0.05) is 18.3 Å². The molecule has 0 unspecified atom stereocenters. The number of hydrogen-bond donors (Lipinski definition) is 1. The molecular formula is C25H26Cl2FN7O2. The van der Waals surface area contributed by atoms with Crippen molar-refractivity contribution in [2.45, 2.75) is 31.3 Å². The maximum Gasteiger partial charge on any atom is 0.416 e. The zero-order chi connectivity index (χ0) is 23.8. The molecule has 0 atom stereocenters. The van der Waals surface area contributed by atoms with Crippen LogP contribution in [0, 0.1) is 11.7 Å². The largest absolute Gasteiger partial charge is 0.441 e. The van der Waals surface area contributed by atoms with E-state index in [1.54, 1.807) is 52.1 Å². The summed E-state index contributed by atoms with van der Waals surface area (Å²) in [6, 6.07) is 13.9. The first kappa shape index (κ1) is 26.6. The highest BCUT2D eigenvalue weighted by Crippen LogP contribution is 2.40. The Morgan fingerprint density at radius 1 is 1.08 bits per heavy atom. The highest BCUT2D eigenvalue weighted by atomic mass is 35.5. The molecule has 4 aromatic rings. The van der Waals surface area contributed by atoms with Crippen LogP contribution in [0.25, 0.3) is 16.9 Å². The Labute approximate surface area is 225 Å². The summed E-state index contributed by atoms with van der Waals surface area (Å²) in [5.41, 5.74) is 1.20. The lowest BCUT2D eigenvalue weighted by atomic mass is 9.78. The van der Waals surface area contributed by atoms with Gasteiger partial charge in [0.25, 0.3) is 0 Å². The van der Waals surface area contributed by atoms with Gasteiger partial charge in [0.2, 0.25) is 0 Å². The molecule has 1 saturated heterocycles. The van der Waals surface area contributed by atoms with E-state index in [2.05, 4.69) is 25.6 Å². The van der Waals surface area contributed by atoms with Gasteiger partial charge in [-0.1, -0.05) is 12.1 Å². The fraction of sp³-hybridized carbons (Fsp3) is 0.320. The lowest BCUT2D eigenvalue weighted by Crippen LogP contribution is -2.39. The molecule has 0 bridgehead atoms. The number of anilines is 2. The molecule has 3 aromatic heterocycles. The SMILES string of the molecule is Cl.Cl.O=C1OC2(CCC(CNc3ccc4nc(-c5ccccc5F)cn4n3)CC2)CN1c1cccnn1. The van der Waals surface area contributed by atoms with Gasteiger partial charge in [0.05, 0.1) is 18.4 Å². The predicted molar refractivity (Wildman–Crippen MR) is 142 cm³/mol. The summed E-state index contributed by atoms with van der Waals surface area (Å²) in [4.78, 5) is 18.5. The number of fused-ring (bicyclic) bond motifs is 1. The fourth-order valence-electron chi connectivity index (χ4n) is 4.93. The Morgan fingerprint density at radius 3 is 2.65 bits per heavy atom. The topological polar surface area (TPSA) is 97.5 Å². The predicted octanol–water partition coefficient (Wildman–Crippen LogP) is 5.17. The van der Waals surface area contributed by atoms with Crippen LogP contribution in [0.15, 0.2) is 60.9 Å². The minimum absolute atomic E-state index is 0. The van der Waals surface area contributed by atoms with Crippen LogP contribution < -0.4 is 10.2 Å². The summed E-state index contributed by atoms with van der Waals surface area (Å²) in [6.07, 6.45) is 6.47. The van der Waals surface area contributed by atoms with Crippen LogP contribution in [-0.2, 0) is 4.74 Å². The van der Waals surface area contributed by atoms with Crippen molar-refractivity contribution in [1.82, 2.24) is 24.8 Å². The van der Waals surface area contributed by atoms with Crippen LogP contribution in [-0.4, -0.2) is 49.6 Å². The van der Waals surface area contributed by atoms with E-state index < -0.39 is 5.60 Å².